The maximum atomic E-state index is 11.9. The molecule has 2 aliphatic rings. The fraction of sp³-hybridized carbons (Fsp3) is 0.769. The van der Waals surface area contributed by atoms with E-state index in [1.54, 1.807) is 0 Å². The van der Waals surface area contributed by atoms with Crippen LogP contribution in [0.5, 0.6) is 0 Å². The Balaban J connectivity index is 1.91. The van der Waals surface area contributed by atoms with Crippen molar-refractivity contribution in [1.29, 1.82) is 0 Å². The number of nitrogens with zero attached hydrogens (tertiary/aromatic N) is 1. The molecule has 0 spiro atoms. The third-order valence-electron chi connectivity index (χ3n) is 4.02. The third kappa shape index (κ3) is 3.05. The van der Waals surface area contributed by atoms with Crippen LogP contribution in [0.15, 0.2) is 0 Å². The van der Waals surface area contributed by atoms with E-state index in [1.165, 1.54) is 6.92 Å². The molecule has 1 aliphatic heterocycles. The zero-order valence-corrected chi connectivity index (χ0v) is 11.1. The van der Waals surface area contributed by atoms with Crippen LogP contribution in [0, 0.1) is 5.92 Å². The summed E-state index contributed by atoms with van der Waals surface area (Å²) in [6.07, 6.45) is 4.52. The van der Waals surface area contributed by atoms with Gasteiger partial charge in [-0.2, -0.15) is 0 Å². The van der Waals surface area contributed by atoms with Crippen LogP contribution in [0.25, 0.3) is 0 Å². The number of aliphatic carboxylic acids is 1. The molecule has 0 bridgehead atoms. The fourth-order valence-corrected chi connectivity index (χ4v) is 2.87. The van der Waals surface area contributed by atoms with Gasteiger partial charge in [-0.25, -0.2) is 0 Å². The van der Waals surface area contributed by atoms with Crippen LogP contribution in [-0.4, -0.2) is 46.4 Å². The van der Waals surface area contributed by atoms with Gasteiger partial charge in [-0.05, 0) is 19.8 Å². The lowest BCUT2D eigenvalue weighted by Gasteiger charge is -2.24. The Morgan fingerprint density at radius 1 is 1.37 bits per heavy atom. The van der Waals surface area contributed by atoms with E-state index in [-0.39, 0.29) is 24.3 Å². The summed E-state index contributed by atoms with van der Waals surface area (Å²) >= 11 is 0. The van der Waals surface area contributed by atoms with E-state index in [0.29, 0.717) is 6.54 Å². The van der Waals surface area contributed by atoms with E-state index < -0.39 is 17.9 Å². The van der Waals surface area contributed by atoms with Crippen molar-refractivity contribution in [3.63, 3.8) is 0 Å². The van der Waals surface area contributed by atoms with Crippen LogP contribution in [0.2, 0.25) is 0 Å². The average molecular weight is 268 g/mol. The fourth-order valence-electron chi connectivity index (χ4n) is 2.87. The zero-order chi connectivity index (χ0) is 14.0. The molecular formula is C13H20N2O4. The highest BCUT2D eigenvalue weighted by Crippen LogP contribution is 2.29. The lowest BCUT2D eigenvalue weighted by Crippen LogP contribution is -2.43. The summed E-state index contributed by atoms with van der Waals surface area (Å²) < 4.78 is 0. The number of carbonyl (C=O) groups is 3. The van der Waals surface area contributed by atoms with Gasteiger partial charge in [0.05, 0.1) is 5.92 Å². The number of hydrogen-bond donors (Lipinski definition) is 2. The van der Waals surface area contributed by atoms with Gasteiger partial charge < -0.3 is 15.3 Å². The second kappa shape index (κ2) is 5.59. The molecule has 0 aromatic heterocycles. The van der Waals surface area contributed by atoms with Gasteiger partial charge in [0.15, 0.2) is 0 Å². The van der Waals surface area contributed by atoms with Gasteiger partial charge in [-0.15, -0.1) is 0 Å². The van der Waals surface area contributed by atoms with Crippen molar-refractivity contribution < 1.29 is 19.5 Å². The minimum absolute atomic E-state index is 0.0232. The predicted octanol–water partition coefficient (Wildman–Crippen LogP) is 0.367. The Morgan fingerprint density at radius 3 is 2.58 bits per heavy atom. The summed E-state index contributed by atoms with van der Waals surface area (Å²) in [5.41, 5.74) is 0. The summed E-state index contributed by atoms with van der Waals surface area (Å²) in [6.45, 7) is 1.85. The van der Waals surface area contributed by atoms with E-state index in [0.717, 1.165) is 25.7 Å². The van der Waals surface area contributed by atoms with Crippen LogP contribution in [0.1, 0.15) is 39.0 Å². The van der Waals surface area contributed by atoms with Crippen LogP contribution < -0.4 is 5.32 Å². The number of carboxylic acids is 1. The standard InChI is InChI=1S/C13H20N2O4/c1-8(13(18)19)14-12(17)9-6-11(16)15(7-9)10-4-2-3-5-10/h8-10H,2-7H2,1H3,(H,14,17)(H,18,19)/t8-,9?/m0/s1. The highest BCUT2D eigenvalue weighted by atomic mass is 16.4. The van der Waals surface area contributed by atoms with Gasteiger partial charge in [-0.1, -0.05) is 12.8 Å². The molecule has 2 rings (SSSR count). The number of carbonyl (C=O) groups excluding carboxylic acids is 2. The largest absolute Gasteiger partial charge is 0.480 e. The Bertz CT molecular complexity index is 390. The molecule has 0 radical (unpaired) electrons. The van der Waals surface area contributed by atoms with Crippen molar-refractivity contribution in [2.75, 3.05) is 6.54 Å². The van der Waals surface area contributed by atoms with Crippen LogP contribution in [-0.2, 0) is 14.4 Å². The molecule has 1 heterocycles. The maximum Gasteiger partial charge on any atom is 0.325 e. The van der Waals surface area contributed by atoms with Crippen LogP contribution >= 0.6 is 0 Å². The minimum Gasteiger partial charge on any atom is -0.480 e. The smallest absolute Gasteiger partial charge is 0.325 e. The van der Waals surface area contributed by atoms with Crippen molar-refractivity contribution >= 4 is 17.8 Å². The SMILES string of the molecule is C[C@H](NC(=O)C1CC(=O)N(C2CCCC2)C1)C(=O)O. The van der Waals surface area contributed by atoms with E-state index in [2.05, 4.69) is 5.32 Å². The summed E-state index contributed by atoms with van der Waals surface area (Å²) in [5, 5.41) is 11.2. The van der Waals surface area contributed by atoms with Crippen molar-refractivity contribution in [3.8, 4) is 0 Å². The molecule has 2 atom stereocenters. The van der Waals surface area contributed by atoms with Crippen molar-refractivity contribution in [2.24, 2.45) is 5.92 Å². The van der Waals surface area contributed by atoms with Gasteiger partial charge in [0, 0.05) is 19.0 Å². The molecular weight excluding hydrogens is 248 g/mol. The van der Waals surface area contributed by atoms with Gasteiger partial charge in [0.1, 0.15) is 6.04 Å². The van der Waals surface area contributed by atoms with Gasteiger partial charge >= 0.3 is 5.97 Å². The molecule has 2 amide bonds. The van der Waals surface area contributed by atoms with Crippen LogP contribution in [0.3, 0.4) is 0 Å². The molecule has 1 saturated carbocycles. The number of nitrogens with one attached hydrogen (secondary N) is 1. The summed E-state index contributed by atoms with van der Waals surface area (Å²) in [5.74, 6) is -1.78. The first-order chi connectivity index (χ1) is 8.99. The topological polar surface area (TPSA) is 86.7 Å². The second-order valence-corrected chi connectivity index (χ2v) is 5.45. The summed E-state index contributed by atoms with van der Waals surface area (Å²) in [6, 6.07) is -0.634. The van der Waals surface area contributed by atoms with E-state index >= 15 is 0 Å². The Kier molecular flexibility index (Phi) is 4.07. The number of likely N-dealkylation sites (tertiary alicyclic amines) is 1. The van der Waals surface area contributed by atoms with Crippen LogP contribution in [0.4, 0.5) is 0 Å². The number of hydrogen-bond acceptors (Lipinski definition) is 3. The monoisotopic (exact) mass is 268 g/mol. The van der Waals surface area contributed by atoms with Gasteiger partial charge in [0.2, 0.25) is 11.8 Å². The first kappa shape index (κ1) is 13.8. The summed E-state index contributed by atoms with van der Waals surface area (Å²) in [4.78, 5) is 36.3. The summed E-state index contributed by atoms with van der Waals surface area (Å²) in [7, 11) is 0. The average Bonchev–Trinajstić information content (AvgIpc) is 2.97. The molecule has 1 aliphatic carbocycles. The molecule has 19 heavy (non-hydrogen) atoms. The van der Waals surface area contributed by atoms with Gasteiger partial charge in [0.25, 0.3) is 0 Å². The molecule has 1 unspecified atom stereocenters. The Labute approximate surface area is 112 Å². The molecule has 2 N–H and O–H groups in total. The Morgan fingerprint density at radius 2 is 2.00 bits per heavy atom. The second-order valence-electron chi connectivity index (χ2n) is 5.45. The molecule has 106 valence electrons. The van der Waals surface area contributed by atoms with Gasteiger partial charge in [-0.3, -0.25) is 14.4 Å². The lowest BCUT2D eigenvalue weighted by atomic mass is 10.1. The maximum absolute atomic E-state index is 11.9. The molecule has 0 aromatic rings. The van der Waals surface area contributed by atoms with Crippen molar-refractivity contribution in [2.45, 2.75) is 51.1 Å². The number of carboxylic acid groups (broad SMARTS) is 1. The third-order valence-corrected chi connectivity index (χ3v) is 4.02. The predicted molar refractivity (Wildman–Crippen MR) is 67.3 cm³/mol. The van der Waals surface area contributed by atoms with E-state index in [9.17, 15) is 14.4 Å². The molecule has 2 fully saturated rings. The lowest BCUT2D eigenvalue weighted by molar-refractivity contribution is -0.141. The van der Waals surface area contributed by atoms with E-state index in [4.69, 9.17) is 5.11 Å². The van der Waals surface area contributed by atoms with Crippen molar-refractivity contribution in [1.82, 2.24) is 10.2 Å². The number of amides is 2. The van der Waals surface area contributed by atoms with E-state index in [1.807, 2.05) is 4.90 Å². The van der Waals surface area contributed by atoms with Crippen molar-refractivity contribution in [3.05, 3.63) is 0 Å². The first-order valence-corrected chi connectivity index (χ1v) is 6.81. The molecule has 6 heteroatoms. The molecule has 1 saturated heterocycles. The highest BCUT2D eigenvalue weighted by molar-refractivity contribution is 5.91. The highest BCUT2D eigenvalue weighted by Gasteiger charge is 2.39. The minimum atomic E-state index is -1.06. The molecule has 0 aromatic carbocycles. The molecule has 6 nitrogen and oxygen atoms in total. The quantitative estimate of drug-likeness (QED) is 0.771. The zero-order valence-electron chi connectivity index (χ0n) is 11.1. The normalized spacial score (nSPS) is 25.6. The first-order valence-electron chi connectivity index (χ1n) is 6.81. The number of rotatable bonds is 4. The Hall–Kier alpha value is -1.59.